The van der Waals surface area contributed by atoms with Gasteiger partial charge in [0.05, 0.1) is 0 Å². The lowest BCUT2D eigenvalue weighted by Gasteiger charge is -2.11. The Balaban J connectivity index is 2.04. The van der Waals surface area contributed by atoms with Gasteiger partial charge in [0.1, 0.15) is 11.5 Å². The number of hydrogen-bond acceptors (Lipinski definition) is 2. The molecule has 0 spiro atoms. The molecular weight excluding hydrogens is 246 g/mol. The van der Waals surface area contributed by atoms with Crippen LogP contribution in [-0.2, 0) is 0 Å². The summed E-state index contributed by atoms with van der Waals surface area (Å²) in [4.78, 5) is 0. The van der Waals surface area contributed by atoms with Gasteiger partial charge in [0.2, 0.25) is 0 Å². The summed E-state index contributed by atoms with van der Waals surface area (Å²) >= 11 is 5.68. The third kappa shape index (κ3) is 3.49. The van der Waals surface area contributed by atoms with Gasteiger partial charge in [-0.3, -0.25) is 0 Å². The maximum absolute atomic E-state index is 5.98. The van der Waals surface area contributed by atoms with Crippen molar-refractivity contribution in [1.29, 1.82) is 0 Å². The molecule has 0 saturated carbocycles. The monoisotopic (exact) mass is 261 g/mol. The highest BCUT2D eigenvalue weighted by Crippen LogP contribution is 2.23. The van der Waals surface area contributed by atoms with Gasteiger partial charge in [-0.25, -0.2) is 0 Å². The molecule has 0 amide bonds. The SMILES string of the molecule is NC(CCCl)c1ccc(Oc2ccccc2)cc1. The Bertz CT molecular complexity index is 470. The molecule has 0 aliphatic carbocycles. The highest BCUT2D eigenvalue weighted by Gasteiger charge is 2.05. The van der Waals surface area contributed by atoms with E-state index in [1.54, 1.807) is 0 Å². The average Bonchev–Trinajstić information content (AvgIpc) is 2.41. The summed E-state index contributed by atoms with van der Waals surface area (Å²) in [6.45, 7) is 0. The van der Waals surface area contributed by atoms with E-state index >= 15 is 0 Å². The Morgan fingerprint density at radius 1 is 0.944 bits per heavy atom. The average molecular weight is 262 g/mol. The zero-order valence-corrected chi connectivity index (χ0v) is 10.8. The first-order valence-electron chi connectivity index (χ1n) is 5.94. The molecule has 2 aromatic carbocycles. The van der Waals surface area contributed by atoms with Crippen molar-refractivity contribution >= 4 is 11.6 Å². The molecule has 0 radical (unpaired) electrons. The molecule has 0 heterocycles. The van der Waals surface area contributed by atoms with Crippen LogP contribution in [0, 0.1) is 0 Å². The van der Waals surface area contributed by atoms with Crippen LogP contribution in [0.3, 0.4) is 0 Å². The highest BCUT2D eigenvalue weighted by atomic mass is 35.5. The predicted octanol–water partition coefficient (Wildman–Crippen LogP) is 4.11. The number of rotatable bonds is 5. The molecule has 1 atom stereocenters. The maximum Gasteiger partial charge on any atom is 0.127 e. The first-order chi connectivity index (χ1) is 8.79. The molecule has 0 fully saturated rings. The third-order valence-corrected chi connectivity index (χ3v) is 2.93. The normalized spacial score (nSPS) is 12.1. The zero-order chi connectivity index (χ0) is 12.8. The molecule has 2 N–H and O–H groups in total. The fourth-order valence-electron chi connectivity index (χ4n) is 1.69. The maximum atomic E-state index is 5.98. The first kappa shape index (κ1) is 12.9. The number of halogens is 1. The second-order valence-electron chi connectivity index (χ2n) is 4.07. The summed E-state index contributed by atoms with van der Waals surface area (Å²) < 4.78 is 5.71. The second kappa shape index (κ2) is 6.43. The summed E-state index contributed by atoms with van der Waals surface area (Å²) in [5.41, 5.74) is 7.06. The van der Waals surface area contributed by atoms with Crippen LogP contribution < -0.4 is 10.5 Å². The number of ether oxygens (including phenoxy) is 1. The van der Waals surface area contributed by atoms with Crippen molar-refractivity contribution < 1.29 is 4.74 Å². The largest absolute Gasteiger partial charge is 0.457 e. The number of hydrogen-bond donors (Lipinski definition) is 1. The molecule has 2 nitrogen and oxygen atoms in total. The fraction of sp³-hybridized carbons (Fsp3) is 0.200. The van der Waals surface area contributed by atoms with Gasteiger partial charge in [0, 0.05) is 11.9 Å². The van der Waals surface area contributed by atoms with Crippen LogP contribution >= 0.6 is 11.6 Å². The summed E-state index contributed by atoms with van der Waals surface area (Å²) in [7, 11) is 0. The Morgan fingerprint density at radius 2 is 1.56 bits per heavy atom. The van der Waals surface area contributed by atoms with E-state index in [1.165, 1.54) is 0 Å². The number of para-hydroxylation sites is 1. The molecule has 0 aromatic heterocycles. The molecule has 2 aromatic rings. The van der Waals surface area contributed by atoms with Crippen molar-refractivity contribution in [1.82, 2.24) is 0 Å². The molecule has 0 aliphatic heterocycles. The molecular formula is C15H16ClNO. The summed E-state index contributed by atoms with van der Waals surface area (Å²) in [5.74, 6) is 2.21. The number of benzene rings is 2. The van der Waals surface area contributed by atoms with E-state index in [0.717, 1.165) is 23.5 Å². The van der Waals surface area contributed by atoms with E-state index in [9.17, 15) is 0 Å². The van der Waals surface area contributed by atoms with Crippen LogP contribution in [-0.4, -0.2) is 5.88 Å². The van der Waals surface area contributed by atoms with Gasteiger partial charge >= 0.3 is 0 Å². The van der Waals surface area contributed by atoms with E-state index in [0.29, 0.717) is 5.88 Å². The standard InChI is InChI=1S/C15H16ClNO/c16-11-10-15(17)12-6-8-14(9-7-12)18-13-4-2-1-3-5-13/h1-9,15H,10-11,17H2. The van der Waals surface area contributed by atoms with Gasteiger partial charge < -0.3 is 10.5 Å². The Hall–Kier alpha value is -1.51. The molecule has 0 aliphatic rings. The molecule has 0 saturated heterocycles. The van der Waals surface area contributed by atoms with E-state index in [1.807, 2.05) is 54.6 Å². The molecule has 0 bridgehead atoms. The minimum atomic E-state index is -0.00623. The van der Waals surface area contributed by atoms with Crippen LogP contribution in [0.4, 0.5) is 0 Å². The quantitative estimate of drug-likeness (QED) is 0.822. The summed E-state index contributed by atoms with van der Waals surface area (Å²) in [6.07, 6.45) is 0.778. The minimum Gasteiger partial charge on any atom is -0.457 e. The van der Waals surface area contributed by atoms with Crippen molar-refractivity contribution in [2.24, 2.45) is 5.73 Å². The Labute approximate surface area is 112 Å². The lowest BCUT2D eigenvalue weighted by atomic mass is 10.1. The van der Waals surface area contributed by atoms with Crippen LogP contribution in [0.2, 0.25) is 0 Å². The molecule has 18 heavy (non-hydrogen) atoms. The second-order valence-corrected chi connectivity index (χ2v) is 4.45. The Morgan fingerprint density at radius 3 is 2.17 bits per heavy atom. The van der Waals surface area contributed by atoms with Gasteiger partial charge in [-0.05, 0) is 36.2 Å². The molecule has 94 valence electrons. The fourth-order valence-corrected chi connectivity index (χ4v) is 1.93. The van der Waals surface area contributed by atoms with E-state index in [4.69, 9.17) is 22.1 Å². The molecule has 3 heteroatoms. The lowest BCUT2D eigenvalue weighted by Crippen LogP contribution is -2.10. The van der Waals surface area contributed by atoms with Crippen molar-refractivity contribution in [3.63, 3.8) is 0 Å². The summed E-state index contributed by atoms with van der Waals surface area (Å²) in [5, 5.41) is 0. The van der Waals surface area contributed by atoms with Gasteiger partial charge in [0.15, 0.2) is 0 Å². The minimum absolute atomic E-state index is 0.00623. The highest BCUT2D eigenvalue weighted by molar-refractivity contribution is 6.17. The topological polar surface area (TPSA) is 35.2 Å². The van der Waals surface area contributed by atoms with Crippen molar-refractivity contribution in [3.05, 3.63) is 60.2 Å². The predicted molar refractivity (Wildman–Crippen MR) is 75.2 cm³/mol. The van der Waals surface area contributed by atoms with E-state index in [-0.39, 0.29) is 6.04 Å². The van der Waals surface area contributed by atoms with Crippen molar-refractivity contribution in [2.75, 3.05) is 5.88 Å². The molecule has 2 rings (SSSR count). The number of nitrogens with two attached hydrogens (primary N) is 1. The van der Waals surface area contributed by atoms with Crippen LogP contribution in [0.5, 0.6) is 11.5 Å². The summed E-state index contributed by atoms with van der Waals surface area (Å²) in [6, 6.07) is 17.5. The Kier molecular flexibility index (Phi) is 4.62. The molecule has 1 unspecified atom stereocenters. The van der Waals surface area contributed by atoms with Crippen molar-refractivity contribution in [2.45, 2.75) is 12.5 Å². The van der Waals surface area contributed by atoms with Gasteiger partial charge in [0.25, 0.3) is 0 Å². The third-order valence-electron chi connectivity index (χ3n) is 2.71. The van der Waals surface area contributed by atoms with Gasteiger partial charge in [-0.15, -0.1) is 11.6 Å². The first-order valence-corrected chi connectivity index (χ1v) is 6.47. The van der Waals surface area contributed by atoms with Crippen LogP contribution in [0.25, 0.3) is 0 Å². The van der Waals surface area contributed by atoms with Gasteiger partial charge in [-0.2, -0.15) is 0 Å². The smallest absolute Gasteiger partial charge is 0.127 e. The van der Waals surface area contributed by atoms with E-state index in [2.05, 4.69) is 0 Å². The van der Waals surface area contributed by atoms with E-state index < -0.39 is 0 Å². The zero-order valence-electron chi connectivity index (χ0n) is 10.1. The number of alkyl halides is 1. The van der Waals surface area contributed by atoms with Crippen LogP contribution in [0.1, 0.15) is 18.0 Å². The lowest BCUT2D eigenvalue weighted by molar-refractivity contribution is 0.482. The van der Waals surface area contributed by atoms with Gasteiger partial charge in [-0.1, -0.05) is 30.3 Å². The van der Waals surface area contributed by atoms with Crippen LogP contribution in [0.15, 0.2) is 54.6 Å². The van der Waals surface area contributed by atoms with Crippen molar-refractivity contribution in [3.8, 4) is 11.5 Å².